The van der Waals surface area contributed by atoms with Crippen molar-refractivity contribution in [2.45, 2.75) is 6.54 Å². The van der Waals surface area contributed by atoms with Crippen LogP contribution in [0.4, 0.5) is 0 Å². The summed E-state index contributed by atoms with van der Waals surface area (Å²) in [5.41, 5.74) is 2.07. The number of halogens is 1. The third-order valence-corrected chi connectivity index (χ3v) is 5.17. The molecule has 1 N–H and O–H groups in total. The Balaban J connectivity index is 1.47. The van der Waals surface area contributed by atoms with Gasteiger partial charge in [0.25, 0.3) is 5.91 Å². The molecule has 27 heavy (non-hydrogen) atoms. The van der Waals surface area contributed by atoms with Crippen LogP contribution >= 0.6 is 11.6 Å². The molecule has 0 unspecified atom stereocenters. The van der Waals surface area contributed by atoms with Crippen molar-refractivity contribution in [3.8, 4) is 0 Å². The zero-order valence-electron chi connectivity index (χ0n) is 14.8. The number of para-hydroxylation sites is 1. The lowest BCUT2D eigenvalue weighted by molar-refractivity contribution is 0.0630. The molecule has 3 aromatic rings. The predicted octanol–water partition coefficient (Wildman–Crippen LogP) is 3.14. The number of carbonyl (C=O) groups is 1. The molecular formula is C21H20ClN3O2. The van der Waals surface area contributed by atoms with Gasteiger partial charge in [0.1, 0.15) is 0 Å². The number of rotatable bonds is 3. The fourth-order valence-electron chi connectivity index (χ4n) is 3.55. The zero-order chi connectivity index (χ0) is 18.8. The highest BCUT2D eigenvalue weighted by atomic mass is 35.5. The molecule has 0 aliphatic carbocycles. The van der Waals surface area contributed by atoms with Gasteiger partial charge in [-0.1, -0.05) is 41.9 Å². The molecular weight excluding hydrogens is 362 g/mol. The molecule has 1 aromatic heterocycles. The second-order valence-electron chi connectivity index (χ2n) is 6.79. The first-order valence-corrected chi connectivity index (χ1v) is 9.36. The maximum Gasteiger partial charge on any atom is 0.254 e. The zero-order valence-corrected chi connectivity index (χ0v) is 15.6. The van der Waals surface area contributed by atoms with Crippen molar-refractivity contribution in [3.05, 3.63) is 81.1 Å². The van der Waals surface area contributed by atoms with Gasteiger partial charge in [-0.05, 0) is 23.8 Å². The molecule has 138 valence electrons. The maximum absolute atomic E-state index is 13.0. The number of aromatic amines is 1. The van der Waals surface area contributed by atoms with Crippen molar-refractivity contribution in [2.24, 2.45) is 0 Å². The largest absolute Gasteiger partial charge is 0.336 e. The van der Waals surface area contributed by atoms with E-state index in [1.165, 1.54) is 11.6 Å². The predicted molar refractivity (Wildman–Crippen MR) is 107 cm³/mol. The van der Waals surface area contributed by atoms with Gasteiger partial charge in [0, 0.05) is 54.7 Å². The first kappa shape index (κ1) is 17.8. The highest BCUT2D eigenvalue weighted by Gasteiger charge is 2.23. The fourth-order valence-corrected chi connectivity index (χ4v) is 3.77. The highest BCUT2D eigenvalue weighted by molar-refractivity contribution is 6.30. The monoisotopic (exact) mass is 381 g/mol. The van der Waals surface area contributed by atoms with E-state index in [4.69, 9.17) is 11.6 Å². The molecule has 0 radical (unpaired) electrons. The summed E-state index contributed by atoms with van der Waals surface area (Å²) in [6, 6.07) is 16.7. The summed E-state index contributed by atoms with van der Waals surface area (Å²) in [7, 11) is 0. The topological polar surface area (TPSA) is 56.4 Å². The first-order chi connectivity index (χ1) is 13.1. The lowest BCUT2D eigenvalue weighted by atomic mass is 10.1. The van der Waals surface area contributed by atoms with Gasteiger partial charge < -0.3 is 9.88 Å². The van der Waals surface area contributed by atoms with E-state index in [-0.39, 0.29) is 11.5 Å². The van der Waals surface area contributed by atoms with Crippen LogP contribution in [0.1, 0.15) is 15.9 Å². The van der Waals surface area contributed by atoms with E-state index in [1.807, 2.05) is 47.4 Å². The number of hydrogen-bond acceptors (Lipinski definition) is 3. The fraction of sp³-hybridized carbons (Fsp3) is 0.238. The Bertz CT molecular complexity index is 1040. The van der Waals surface area contributed by atoms with Gasteiger partial charge in [0.15, 0.2) is 0 Å². The van der Waals surface area contributed by atoms with E-state index >= 15 is 0 Å². The molecule has 1 aliphatic rings. The van der Waals surface area contributed by atoms with E-state index in [2.05, 4.69) is 16.0 Å². The molecule has 6 heteroatoms. The van der Waals surface area contributed by atoms with Crippen molar-refractivity contribution < 1.29 is 4.79 Å². The maximum atomic E-state index is 13.0. The van der Waals surface area contributed by atoms with Crippen LogP contribution in [0.2, 0.25) is 5.02 Å². The van der Waals surface area contributed by atoms with Crippen LogP contribution in [0.25, 0.3) is 10.9 Å². The molecule has 1 fully saturated rings. The van der Waals surface area contributed by atoms with E-state index in [9.17, 15) is 9.59 Å². The van der Waals surface area contributed by atoms with Gasteiger partial charge >= 0.3 is 0 Å². The molecule has 0 saturated carbocycles. The third kappa shape index (κ3) is 3.89. The molecule has 0 atom stereocenters. The van der Waals surface area contributed by atoms with Crippen molar-refractivity contribution in [1.82, 2.24) is 14.8 Å². The Labute approximate surface area is 162 Å². The third-order valence-electron chi connectivity index (χ3n) is 4.94. The molecule has 0 spiro atoms. The van der Waals surface area contributed by atoms with Crippen LogP contribution in [0.3, 0.4) is 0 Å². The minimum Gasteiger partial charge on any atom is -0.336 e. The molecule has 2 aromatic carbocycles. The van der Waals surface area contributed by atoms with Gasteiger partial charge in [-0.25, -0.2) is 0 Å². The van der Waals surface area contributed by atoms with Crippen LogP contribution in [-0.4, -0.2) is 46.9 Å². The van der Waals surface area contributed by atoms with Gasteiger partial charge in [-0.3, -0.25) is 14.5 Å². The van der Waals surface area contributed by atoms with Crippen LogP contribution in [0.5, 0.6) is 0 Å². The number of H-pyrrole nitrogens is 1. The SMILES string of the molecule is O=C(c1cc(=O)[nH]c2ccccc12)N1CCN(Cc2cccc(Cl)c2)CC1. The van der Waals surface area contributed by atoms with Crippen molar-refractivity contribution in [2.75, 3.05) is 26.2 Å². The summed E-state index contributed by atoms with van der Waals surface area (Å²) in [6.45, 7) is 3.68. The second-order valence-corrected chi connectivity index (χ2v) is 7.23. The van der Waals surface area contributed by atoms with Gasteiger partial charge in [-0.2, -0.15) is 0 Å². The number of hydrogen-bond donors (Lipinski definition) is 1. The van der Waals surface area contributed by atoms with E-state index in [0.717, 1.165) is 30.0 Å². The van der Waals surface area contributed by atoms with Crippen LogP contribution in [0, 0.1) is 0 Å². The van der Waals surface area contributed by atoms with Gasteiger partial charge in [0.2, 0.25) is 5.56 Å². The number of nitrogens with zero attached hydrogens (tertiary/aromatic N) is 2. The number of pyridine rings is 1. The summed E-state index contributed by atoms with van der Waals surface area (Å²) >= 11 is 6.06. The van der Waals surface area contributed by atoms with Crippen molar-refractivity contribution >= 4 is 28.4 Å². The molecule has 0 bridgehead atoms. The Morgan fingerprint density at radius 3 is 2.56 bits per heavy atom. The summed E-state index contributed by atoms with van der Waals surface area (Å²) < 4.78 is 0. The van der Waals surface area contributed by atoms with E-state index < -0.39 is 0 Å². The summed E-state index contributed by atoms with van der Waals surface area (Å²) in [6.07, 6.45) is 0. The summed E-state index contributed by atoms with van der Waals surface area (Å²) in [5, 5.41) is 1.52. The van der Waals surface area contributed by atoms with Crippen LogP contribution in [-0.2, 0) is 6.54 Å². The number of carbonyl (C=O) groups excluding carboxylic acids is 1. The average Bonchev–Trinajstić information content (AvgIpc) is 2.67. The number of benzene rings is 2. The Kier molecular flexibility index (Phi) is 4.97. The minimum atomic E-state index is -0.253. The normalized spacial score (nSPS) is 15.2. The molecule has 1 saturated heterocycles. The number of fused-ring (bicyclic) bond motifs is 1. The number of piperazine rings is 1. The van der Waals surface area contributed by atoms with Crippen LogP contribution < -0.4 is 5.56 Å². The molecule has 4 rings (SSSR count). The smallest absolute Gasteiger partial charge is 0.254 e. The lowest BCUT2D eigenvalue weighted by Gasteiger charge is -2.35. The minimum absolute atomic E-state index is 0.0836. The van der Waals surface area contributed by atoms with Gasteiger partial charge in [-0.15, -0.1) is 0 Å². The van der Waals surface area contributed by atoms with Crippen molar-refractivity contribution in [3.63, 3.8) is 0 Å². The number of amides is 1. The highest BCUT2D eigenvalue weighted by Crippen LogP contribution is 2.18. The Hall–Kier alpha value is -2.63. The van der Waals surface area contributed by atoms with Gasteiger partial charge in [0.05, 0.1) is 5.56 Å². The standard InChI is InChI=1S/C21H20ClN3O2/c22-16-5-3-4-15(12-16)14-24-8-10-25(11-9-24)21(27)18-13-20(26)23-19-7-2-1-6-17(18)19/h1-7,12-13H,8-11,14H2,(H,23,26). The lowest BCUT2D eigenvalue weighted by Crippen LogP contribution is -2.48. The second kappa shape index (κ2) is 7.55. The molecule has 1 amide bonds. The summed E-state index contributed by atoms with van der Waals surface area (Å²) in [5.74, 6) is -0.0836. The average molecular weight is 382 g/mol. The van der Waals surface area contributed by atoms with E-state index in [1.54, 1.807) is 0 Å². The van der Waals surface area contributed by atoms with Crippen LogP contribution in [0.15, 0.2) is 59.4 Å². The summed E-state index contributed by atoms with van der Waals surface area (Å²) in [4.78, 5) is 31.9. The number of aromatic nitrogens is 1. The van der Waals surface area contributed by atoms with Crippen molar-refractivity contribution in [1.29, 1.82) is 0 Å². The molecule has 1 aliphatic heterocycles. The number of nitrogens with one attached hydrogen (secondary N) is 1. The molecule has 2 heterocycles. The Morgan fingerprint density at radius 1 is 1.00 bits per heavy atom. The first-order valence-electron chi connectivity index (χ1n) is 8.98. The molecule has 5 nitrogen and oxygen atoms in total. The Morgan fingerprint density at radius 2 is 1.78 bits per heavy atom. The van der Waals surface area contributed by atoms with E-state index in [0.29, 0.717) is 24.2 Å². The quantitative estimate of drug-likeness (QED) is 0.758.